The Morgan fingerprint density at radius 3 is 1.82 bits per heavy atom. The van der Waals surface area contributed by atoms with E-state index in [4.69, 9.17) is 0 Å². The van der Waals surface area contributed by atoms with Gasteiger partial charge in [0.25, 0.3) is 0 Å². The molecule has 0 radical (unpaired) electrons. The summed E-state index contributed by atoms with van der Waals surface area (Å²) in [5.41, 5.74) is 0. The molecule has 1 unspecified atom stereocenters. The van der Waals surface area contributed by atoms with Crippen LogP contribution in [0.5, 0.6) is 0 Å². The molecular formula is C15H33NS. The summed E-state index contributed by atoms with van der Waals surface area (Å²) < 4.78 is 0. The summed E-state index contributed by atoms with van der Waals surface area (Å²) >= 11 is 4.52. The molecule has 0 aliphatic rings. The summed E-state index contributed by atoms with van der Waals surface area (Å²) in [7, 11) is 0. The van der Waals surface area contributed by atoms with Crippen LogP contribution in [-0.2, 0) is 0 Å². The van der Waals surface area contributed by atoms with Gasteiger partial charge in [0.1, 0.15) is 0 Å². The molecule has 0 saturated heterocycles. The first-order chi connectivity index (χ1) is 8.28. The van der Waals surface area contributed by atoms with Crippen LogP contribution >= 0.6 is 12.6 Å². The monoisotopic (exact) mass is 259 g/mol. The van der Waals surface area contributed by atoms with Crippen molar-refractivity contribution in [2.24, 2.45) is 5.92 Å². The summed E-state index contributed by atoms with van der Waals surface area (Å²) in [6.45, 7) is 10.7. The molecule has 0 heterocycles. The number of hydrogen-bond donors (Lipinski definition) is 1. The minimum absolute atomic E-state index is 0.798. The average Bonchev–Trinajstić information content (AvgIpc) is 2.36. The maximum atomic E-state index is 4.52. The quantitative estimate of drug-likeness (QED) is 0.500. The SMILES string of the molecule is CCCCC(CS)CN(CCCC)CCCC. The summed E-state index contributed by atoms with van der Waals surface area (Å²) in [6, 6.07) is 0. The van der Waals surface area contributed by atoms with Crippen LogP contribution in [0.2, 0.25) is 0 Å². The van der Waals surface area contributed by atoms with Crippen molar-refractivity contribution in [2.75, 3.05) is 25.4 Å². The van der Waals surface area contributed by atoms with Crippen LogP contribution in [-0.4, -0.2) is 30.3 Å². The first kappa shape index (κ1) is 17.3. The van der Waals surface area contributed by atoms with Crippen LogP contribution in [0.15, 0.2) is 0 Å². The molecule has 0 spiro atoms. The second-order valence-corrected chi connectivity index (χ2v) is 5.56. The maximum Gasteiger partial charge on any atom is 0.00175 e. The van der Waals surface area contributed by atoms with Gasteiger partial charge in [0.2, 0.25) is 0 Å². The zero-order valence-electron chi connectivity index (χ0n) is 12.2. The Labute approximate surface area is 115 Å². The van der Waals surface area contributed by atoms with Gasteiger partial charge in [0.15, 0.2) is 0 Å². The Morgan fingerprint density at radius 1 is 0.882 bits per heavy atom. The molecule has 0 aromatic rings. The van der Waals surface area contributed by atoms with E-state index in [1.165, 1.54) is 64.6 Å². The lowest BCUT2D eigenvalue weighted by Gasteiger charge is -2.26. The molecule has 1 atom stereocenters. The topological polar surface area (TPSA) is 3.24 Å². The smallest absolute Gasteiger partial charge is 0.00175 e. The Kier molecular flexibility index (Phi) is 13.0. The fourth-order valence-electron chi connectivity index (χ4n) is 2.16. The van der Waals surface area contributed by atoms with E-state index in [0.29, 0.717) is 0 Å². The van der Waals surface area contributed by atoms with E-state index in [9.17, 15) is 0 Å². The predicted octanol–water partition coefficient (Wildman–Crippen LogP) is 4.62. The summed E-state index contributed by atoms with van der Waals surface area (Å²) in [6.07, 6.45) is 9.34. The first-order valence-electron chi connectivity index (χ1n) is 7.61. The van der Waals surface area contributed by atoms with E-state index < -0.39 is 0 Å². The standard InChI is InChI=1S/C15H33NS/c1-4-7-10-15(14-17)13-16(11-8-5-2)12-9-6-3/h15,17H,4-14H2,1-3H3. The fraction of sp³-hybridized carbons (Fsp3) is 1.00. The molecule has 0 aromatic carbocycles. The molecule has 17 heavy (non-hydrogen) atoms. The lowest BCUT2D eigenvalue weighted by atomic mass is 10.0. The highest BCUT2D eigenvalue weighted by Gasteiger charge is 2.12. The molecule has 2 heteroatoms. The highest BCUT2D eigenvalue weighted by molar-refractivity contribution is 7.80. The molecule has 0 N–H and O–H groups in total. The van der Waals surface area contributed by atoms with Crippen molar-refractivity contribution in [3.63, 3.8) is 0 Å². The van der Waals surface area contributed by atoms with Crippen LogP contribution in [0.1, 0.15) is 65.7 Å². The van der Waals surface area contributed by atoms with Crippen molar-refractivity contribution in [3.8, 4) is 0 Å². The van der Waals surface area contributed by atoms with Crippen molar-refractivity contribution >= 4 is 12.6 Å². The van der Waals surface area contributed by atoms with E-state index in [-0.39, 0.29) is 0 Å². The summed E-state index contributed by atoms with van der Waals surface area (Å²) in [4.78, 5) is 2.67. The number of nitrogens with zero attached hydrogens (tertiary/aromatic N) is 1. The second-order valence-electron chi connectivity index (χ2n) is 5.20. The van der Waals surface area contributed by atoms with Gasteiger partial charge >= 0.3 is 0 Å². The third-order valence-electron chi connectivity index (χ3n) is 3.40. The van der Waals surface area contributed by atoms with Crippen molar-refractivity contribution in [1.82, 2.24) is 4.90 Å². The summed E-state index contributed by atoms with van der Waals surface area (Å²) in [5.74, 6) is 1.85. The number of thiol groups is 1. The van der Waals surface area contributed by atoms with E-state index in [2.05, 4.69) is 38.3 Å². The van der Waals surface area contributed by atoms with Crippen molar-refractivity contribution in [3.05, 3.63) is 0 Å². The molecule has 0 saturated carbocycles. The van der Waals surface area contributed by atoms with Gasteiger partial charge < -0.3 is 4.90 Å². The van der Waals surface area contributed by atoms with Gasteiger partial charge in [-0.25, -0.2) is 0 Å². The molecule has 104 valence electrons. The van der Waals surface area contributed by atoms with Crippen molar-refractivity contribution in [1.29, 1.82) is 0 Å². The highest BCUT2D eigenvalue weighted by atomic mass is 32.1. The number of hydrogen-bond acceptors (Lipinski definition) is 2. The maximum absolute atomic E-state index is 4.52. The fourth-order valence-corrected chi connectivity index (χ4v) is 2.45. The Hall–Kier alpha value is 0.310. The van der Waals surface area contributed by atoms with Crippen molar-refractivity contribution in [2.45, 2.75) is 65.7 Å². The van der Waals surface area contributed by atoms with Crippen LogP contribution < -0.4 is 0 Å². The molecule has 0 bridgehead atoms. The van der Waals surface area contributed by atoms with Crippen LogP contribution in [0.4, 0.5) is 0 Å². The van der Waals surface area contributed by atoms with Gasteiger partial charge in [-0.1, -0.05) is 46.5 Å². The molecule has 0 amide bonds. The van der Waals surface area contributed by atoms with Crippen LogP contribution in [0.3, 0.4) is 0 Å². The zero-order chi connectivity index (χ0) is 12.9. The third-order valence-corrected chi connectivity index (χ3v) is 3.91. The molecule has 0 fully saturated rings. The molecule has 0 rings (SSSR count). The molecule has 0 aliphatic heterocycles. The number of unbranched alkanes of at least 4 members (excludes halogenated alkanes) is 3. The lowest BCUT2D eigenvalue weighted by Crippen LogP contribution is -2.32. The number of rotatable bonds is 12. The third kappa shape index (κ3) is 9.96. The average molecular weight is 260 g/mol. The largest absolute Gasteiger partial charge is 0.303 e. The Balaban J connectivity index is 3.97. The Morgan fingerprint density at radius 2 is 1.41 bits per heavy atom. The predicted molar refractivity (Wildman–Crippen MR) is 83.1 cm³/mol. The highest BCUT2D eigenvalue weighted by Crippen LogP contribution is 2.13. The molecule has 0 aliphatic carbocycles. The van der Waals surface area contributed by atoms with Crippen LogP contribution in [0.25, 0.3) is 0 Å². The summed E-state index contributed by atoms with van der Waals surface area (Å²) in [5, 5.41) is 0. The minimum atomic E-state index is 0.798. The van der Waals surface area contributed by atoms with E-state index in [1.807, 2.05) is 0 Å². The minimum Gasteiger partial charge on any atom is -0.303 e. The Bertz CT molecular complexity index is 142. The normalized spacial score (nSPS) is 13.2. The van der Waals surface area contributed by atoms with Gasteiger partial charge in [0.05, 0.1) is 0 Å². The molecular weight excluding hydrogens is 226 g/mol. The van der Waals surface area contributed by atoms with E-state index >= 15 is 0 Å². The first-order valence-corrected chi connectivity index (χ1v) is 8.24. The van der Waals surface area contributed by atoms with Gasteiger partial charge in [-0.3, -0.25) is 0 Å². The van der Waals surface area contributed by atoms with E-state index in [0.717, 1.165) is 11.7 Å². The lowest BCUT2D eigenvalue weighted by molar-refractivity contribution is 0.226. The van der Waals surface area contributed by atoms with Gasteiger partial charge in [-0.05, 0) is 44.0 Å². The molecule has 0 aromatic heterocycles. The van der Waals surface area contributed by atoms with Gasteiger partial charge in [-0.15, -0.1) is 0 Å². The zero-order valence-corrected chi connectivity index (χ0v) is 13.1. The van der Waals surface area contributed by atoms with E-state index in [1.54, 1.807) is 0 Å². The van der Waals surface area contributed by atoms with Crippen LogP contribution in [0, 0.1) is 5.92 Å². The molecule has 1 nitrogen and oxygen atoms in total. The van der Waals surface area contributed by atoms with Gasteiger partial charge in [0, 0.05) is 6.54 Å². The van der Waals surface area contributed by atoms with Gasteiger partial charge in [-0.2, -0.15) is 12.6 Å². The second kappa shape index (κ2) is 12.8. The van der Waals surface area contributed by atoms with Crippen molar-refractivity contribution < 1.29 is 0 Å².